The van der Waals surface area contributed by atoms with E-state index in [1.54, 1.807) is 12.5 Å². The Bertz CT molecular complexity index is 369. The van der Waals surface area contributed by atoms with E-state index in [1.807, 2.05) is 24.3 Å². The summed E-state index contributed by atoms with van der Waals surface area (Å²) in [5.74, 6) is 2.02. The van der Waals surface area contributed by atoms with Gasteiger partial charge in [0.05, 0.1) is 25.6 Å². The van der Waals surface area contributed by atoms with E-state index in [2.05, 4.69) is 11.8 Å². The van der Waals surface area contributed by atoms with Crippen LogP contribution in [0.4, 0.5) is 0 Å². The first-order chi connectivity index (χ1) is 8.88. The van der Waals surface area contributed by atoms with E-state index < -0.39 is 0 Å². The van der Waals surface area contributed by atoms with Gasteiger partial charge in [0.25, 0.3) is 0 Å². The molecule has 2 aromatic rings. The third-order valence-electron chi connectivity index (χ3n) is 3.00. The van der Waals surface area contributed by atoms with Crippen molar-refractivity contribution in [2.75, 3.05) is 6.54 Å². The molecule has 0 radical (unpaired) electrons. The molecule has 3 nitrogen and oxygen atoms in total. The molecule has 0 aliphatic carbocycles. The molecule has 2 heterocycles. The first-order valence-electron chi connectivity index (χ1n) is 6.65. The quantitative estimate of drug-likeness (QED) is 0.659. The smallest absolute Gasteiger partial charge is 0.117 e. The number of hydrogen-bond donors (Lipinski definition) is 0. The van der Waals surface area contributed by atoms with Crippen molar-refractivity contribution in [2.24, 2.45) is 0 Å². The second kappa shape index (κ2) is 7.07. The van der Waals surface area contributed by atoms with Crippen LogP contribution in [0.1, 0.15) is 37.7 Å². The molecule has 2 aromatic heterocycles. The van der Waals surface area contributed by atoms with Crippen molar-refractivity contribution in [2.45, 2.75) is 39.3 Å². The molecule has 0 spiro atoms. The molecule has 0 unspecified atom stereocenters. The van der Waals surface area contributed by atoms with E-state index >= 15 is 0 Å². The van der Waals surface area contributed by atoms with E-state index in [0.29, 0.717) is 0 Å². The molecule has 0 saturated carbocycles. The summed E-state index contributed by atoms with van der Waals surface area (Å²) < 4.78 is 10.8. The highest BCUT2D eigenvalue weighted by molar-refractivity contribution is 5.01. The van der Waals surface area contributed by atoms with Crippen molar-refractivity contribution in [1.82, 2.24) is 4.90 Å². The van der Waals surface area contributed by atoms with Crippen molar-refractivity contribution < 1.29 is 8.83 Å². The molecule has 0 aliphatic heterocycles. The van der Waals surface area contributed by atoms with Gasteiger partial charge >= 0.3 is 0 Å². The summed E-state index contributed by atoms with van der Waals surface area (Å²) in [6, 6.07) is 7.92. The predicted octanol–water partition coefficient (Wildman–Crippen LogP) is 4.07. The van der Waals surface area contributed by atoms with Crippen molar-refractivity contribution >= 4 is 0 Å². The van der Waals surface area contributed by atoms with Crippen LogP contribution in [0.5, 0.6) is 0 Å². The fraction of sp³-hybridized carbons (Fsp3) is 0.467. The summed E-state index contributed by atoms with van der Waals surface area (Å²) in [6.45, 7) is 4.99. The third-order valence-corrected chi connectivity index (χ3v) is 3.00. The zero-order valence-electron chi connectivity index (χ0n) is 11.0. The molecule has 18 heavy (non-hydrogen) atoms. The van der Waals surface area contributed by atoms with Gasteiger partial charge in [-0.05, 0) is 37.2 Å². The largest absolute Gasteiger partial charge is 0.468 e. The average molecular weight is 247 g/mol. The molecule has 0 saturated heterocycles. The Labute approximate surface area is 108 Å². The minimum absolute atomic E-state index is 0.845. The fourth-order valence-corrected chi connectivity index (χ4v) is 2.05. The highest BCUT2D eigenvalue weighted by atomic mass is 16.3. The maximum absolute atomic E-state index is 5.42. The van der Waals surface area contributed by atoms with Crippen LogP contribution in [0, 0.1) is 0 Å². The molecule has 98 valence electrons. The lowest BCUT2D eigenvalue weighted by atomic mass is 10.2. The van der Waals surface area contributed by atoms with E-state index in [1.165, 1.54) is 19.3 Å². The minimum Gasteiger partial charge on any atom is -0.468 e. The lowest BCUT2D eigenvalue weighted by Gasteiger charge is -2.19. The molecule has 0 aromatic carbocycles. The standard InChI is InChI=1S/C15H21NO2/c1-2-3-4-9-16(12-14-7-5-10-17-14)13-15-8-6-11-18-15/h5-8,10-11H,2-4,9,12-13H2,1H3. The first-order valence-corrected chi connectivity index (χ1v) is 6.65. The monoisotopic (exact) mass is 247 g/mol. The fourth-order valence-electron chi connectivity index (χ4n) is 2.05. The topological polar surface area (TPSA) is 29.5 Å². The summed E-state index contributed by atoms with van der Waals surface area (Å²) in [7, 11) is 0. The first kappa shape index (κ1) is 13.0. The molecule has 3 heteroatoms. The molecule has 0 bridgehead atoms. The van der Waals surface area contributed by atoms with Crippen LogP contribution in [0.25, 0.3) is 0 Å². The van der Waals surface area contributed by atoms with Gasteiger partial charge in [0, 0.05) is 0 Å². The molecule has 0 aliphatic rings. The highest BCUT2D eigenvalue weighted by Gasteiger charge is 2.09. The lowest BCUT2D eigenvalue weighted by molar-refractivity contribution is 0.213. The van der Waals surface area contributed by atoms with Gasteiger partial charge in [-0.15, -0.1) is 0 Å². The molecule has 0 atom stereocenters. The van der Waals surface area contributed by atoms with Crippen LogP contribution in [-0.2, 0) is 13.1 Å². The van der Waals surface area contributed by atoms with Crippen LogP contribution in [-0.4, -0.2) is 11.4 Å². The van der Waals surface area contributed by atoms with Crippen LogP contribution in [0.2, 0.25) is 0 Å². The van der Waals surface area contributed by atoms with Crippen LogP contribution in [0.3, 0.4) is 0 Å². The van der Waals surface area contributed by atoms with Crippen LogP contribution < -0.4 is 0 Å². The SMILES string of the molecule is CCCCCN(Cc1ccco1)Cc1ccco1. The number of unbranched alkanes of at least 4 members (excludes halogenated alkanes) is 2. The summed E-state index contributed by atoms with van der Waals surface area (Å²) in [6.07, 6.45) is 7.19. The summed E-state index contributed by atoms with van der Waals surface area (Å²) in [5, 5.41) is 0. The van der Waals surface area contributed by atoms with Gasteiger partial charge in [0.1, 0.15) is 11.5 Å². The van der Waals surface area contributed by atoms with Crippen molar-refractivity contribution in [3.8, 4) is 0 Å². The Hall–Kier alpha value is -1.48. The Balaban J connectivity index is 1.89. The average Bonchev–Trinajstić information content (AvgIpc) is 3.02. The maximum Gasteiger partial charge on any atom is 0.117 e. The third kappa shape index (κ3) is 4.08. The predicted molar refractivity (Wildman–Crippen MR) is 71.1 cm³/mol. The summed E-state index contributed by atoms with van der Waals surface area (Å²) in [4.78, 5) is 2.37. The van der Waals surface area contributed by atoms with Gasteiger partial charge in [0.15, 0.2) is 0 Å². The zero-order valence-corrected chi connectivity index (χ0v) is 11.0. The van der Waals surface area contributed by atoms with Crippen molar-refractivity contribution in [3.63, 3.8) is 0 Å². The Kier molecular flexibility index (Phi) is 5.09. The maximum atomic E-state index is 5.42. The number of furan rings is 2. The Morgan fingerprint density at radius 2 is 1.56 bits per heavy atom. The molecular formula is C15H21NO2. The summed E-state index contributed by atoms with van der Waals surface area (Å²) in [5.41, 5.74) is 0. The van der Waals surface area contributed by atoms with Gasteiger partial charge in [-0.3, -0.25) is 4.90 Å². The minimum atomic E-state index is 0.845. The van der Waals surface area contributed by atoms with Gasteiger partial charge < -0.3 is 8.83 Å². The number of hydrogen-bond acceptors (Lipinski definition) is 3. The van der Waals surface area contributed by atoms with Gasteiger partial charge in [-0.1, -0.05) is 19.8 Å². The van der Waals surface area contributed by atoms with Gasteiger partial charge in [0.2, 0.25) is 0 Å². The Morgan fingerprint density at radius 3 is 2.00 bits per heavy atom. The normalized spacial score (nSPS) is 11.2. The summed E-state index contributed by atoms with van der Waals surface area (Å²) >= 11 is 0. The lowest BCUT2D eigenvalue weighted by Crippen LogP contribution is -2.23. The van der Waals surface area contributed by atoms with Crippen molar-refractivity contribution in [3.05, 3.63) is 48.3 Å². The number of nitrogens with zero attached hydrogens (tertiary/aromatic N) is 1. The molecule has 0 fully saturated rings. The van der Waals surface area contributed by atoms with Gasteiger partial charge in [-0.25, -0.2) is 0 Å². The molecule has 2 rings (SSSR count). The Morgan fingerprint density at radius 1 is 0.944 bits per heavy atom. The van der Waals surface area contributed by atoms with E-state index in [-0.39, 0.29) is 0 Å². The van der Waals surface area contributed by atoms with E-state index in [0.717, 1.165) is 31.2 Å². The van der Waals surface area contributed by atoms with Crippen LogP contribution >= 0.6 is 0 Å². The van der Waals surface area contributed by atoms with E-state index in [4.69, 9.17) is 8.83 Å². The zero-order chi connectivity index (χ0) is 12.6. The number of rotatable bonds is 8. The van der Waals surface area contributed by atoms with Crippen molar-refractivity contribution in [1.29, 1.82) is 0 Å². The van der Waals surface area contributed by atoms with Gasteiger partial charge in [-0.2, -0.15) is 0 Å². The van der Waals surface area contributed by atoms with E-state index in [9.17, 15) is 0 Å². The highest BCUT2D eigenvalue weighted by Crippen LogP contribution is 2.12. The second-order valence-electron chi connectivity index (χ2n) is 4.58. The molecule has 0 N–H and O–H groups in total. The second-order valence-corrected chi connectivity index (χ2v) is 4.58. The molecular weight excluding hydrogens is 226 g/mol. The molecule has 0 amide bonds. The van der Waals surface area contributed by atoms with Crippen LogP contribution in [0.15, 0.2) is 45.6 Å².